The molecule has 3 rings (SSSR count). The summed E-state index contributed by atoms with van der Waals surface area (Å²) >= 11 is 0. The quantitative estimate of drug-likeness (QED) is 0.647. The molecule has 0 aliphatic heterocycles. The second-order valence-corrected chi connectivity index (χ2v) is 6.39. The highest BCUT2D eigenvalue weighted by Gasteiger charge is 2.18. The lowest BCUT2D eigenvalue weighted by Gasteiger charge is -2.11. The van der Waals surface area contributed by atoms with Gasteiger partial charge in [-0.05, 0) is 42.8 Å². The highest BCUT2D eigenvalue weighted by atomic mass is 19.1. The molecule has 6 nitrogen and oxygen atoms in total. The molecule has 0 amide bonds. The lowest BCUT2D eigenvalue weighted by atomic mass is 10.1. The van der Waals surface area contributed by atoms with Crippen LogP contribution in [0.15, 0.2) is 48.5 Å². The number of carboxylic acids is 1. The van der Waals surface area contributed by atoms with Crippen LogP contribution >= 0.6 is 0 Å². The number of nitrogens with zero attached hydrogens (tertiary/aromatic N) is 2. The fraction of sp³-hybridized carbons (Fsp3) is 0.238. The van der Waals surface area contributed by atoms with Gasteiger partial charge in [-0.15, -0.1) is 0 Å². The molecule has 2 N–H and O–H groups in total. The van der Waals surface area contributed by atoms with E-state index in [0.29, 0.717) is 34.7 Å². The zero-order valence-corrected chi connectivity index (χ0v) is 15.6. The third-order valence-corrected chi connectivity index (χ3v) is 4.48. The van der Waals surface area contributed by atoms with Crippen LogP contribution in [-0.4, -0.2) is 39.2 Å². The van der Waals surface area contributed by atoms with Gasteiger partial charge in [0.2, 0.25) is 0 Å². The van der Waals surface area contributed by atoms with Crippen molar-refractivity contribution in [1.29, 1.82) is 0 Å². The molecular weight excluding hydrogens is 363 g/mol. The fourth-order valence-electron chi connectivity index (χ4n) is 2.94. The van der Waals surface area contributed by atoms with E-state index in [-0.39, 0.29) is 17.9 Å². The van der Waals surface area contributed by atoms with E-state index in [1.807, 2.05) is 6.92 Å². The number of rotatable bonds is 7. The molecule has 0 bridgehead atoms. The molecule has 0 aliphatic rings. The number of halogens is 1. The van der Waals surface area contributed by atoms with Gasteiger partial charge in [-0.2, -0.15) is 5.10 Å². The molecule has 0 spiro atoms. The van der Waals surface area contributed by atoms with Gasteiger partial charge in [0, 0.05) is 11.1 Å². The largest absolute Gasteiger partial charge is 0.496 e. The van der Waals surface area contributed by atoms with Crippen molar-refractivity contribution in [2.24, 2.45) is 0 Å². The van der Waals surface area contributed by atoms with Crippen LogP contribution in [0.2, 0.25) is 0 Å². The van der Waals surface area contributed by atoms with Crippen molar-refractivity contribution in [3.8, 4) is 28.3 Å². The summed E-state index contributed by atoms with van der Waals surface area (Å²) in [6.45, 7) is 2.08. The van der Waals surface area contributed by atoms with Crippen LogP contribution in [0.4, 0.5) is 4.39 Å². The highest BCUT2D eigenvalue weighted by molar-refractivity contribution is 5.90. The third-order valence-electron chi connectivity index (χ3n) is 4.48. The minimum Gasteiger partial charge on any atom is -0.496 e. The minimum atomic E-state index is -1.06. The maximum Gasteiger partial charge on any atom is 0.335 e. The Labute approximate surface area is 161 Å². The molecule has 3 aromatic rings. The molecule has 7 heteroatoms. The molecule has 1 heterocycles. The Kier molecular flexibility index (Phi) is 5.75. The number of hydrogen-bond donors (Lipinski definition) is 2. The second-order valence-electron chi connectivity index (χ2n) is 6.39. The van der Waals surface area contributed by atoms with Crippen LogP contribution in [0.25, 0.3) is 22.5 Å². The van der Waals surface area contributed by atoms with Crippen LogP contribution in [0.5, 0.6) is 5.75 Å². The Morgan fingerprint density at radius 1 is 1.25 bits per heavy atom. The Morgan fingerprint density at radius 3 is 2.68 bits per heavy atom. The zero-order chi connectivity index (χ0) is 20.3. The molecule has 1 atom stereocenters. The lowest BCUT2D eigenvalue weighted by molar-refractivity contribution is 0.0697. The number of methoxy groups -OCH3 is 1. The smallest absolute Gasteiger partial charge is 0.335 e. The monoisotopic (exact) mass is 384 g/mol. The first-order valence-corrected chi connectivity index (χ1v) is 8.86. The van der Waals surface area contributed by atoms with Crippen LogP contribution in [0.3, 0.4) is 0 Å². The summed E-state index contributed by atoms with van der Waals surface area (Å²) in [7, 11) is 1.49. The normalized spacial score (nSPS) is 12.0. The Hall–Kier alpha value is -3.19. The molecule has 28 heavy (non-hydrogen) atoms. The van der Waals surface area contributed by atoms with E-state index < -0.39 is 12.1 Å². The summed E-state index contributed by atoms with van der Waals surface area (Å²) in [5, 5.41) is 23.9. The standard InChI is InChI=1S/C21H21FN2O4/c1-3-16(25)12-24-19(13-5-4-6-15(22)9-13)11-18(23-24)17-10-14(21(26)27)7-8-20(17)28-2/h4-11,16,25H,3,12H2,1-2H3,(H,26,27)/t16-/m1/s1. The van der Waals surface area contributed by atoms with Gasteiger partial charge in [0.05, 0.1) is 36.7 Å². The lowest BCUT2D eigenvalue weighted by Crippen LogP contribution is -2.16. The number of benzene rings is 2. The molecule has 146 valence electrons. The van der Waals surface area contributed by atoms with Crippen molar-refractivity contribution in [2.75, 3.05) is 7.11 Å². The SMILES string of the molecule is CC[C@@H](O)Cn1nc(-c2cc(C(=O)O)ccc2OC)cc1-c1cccc(F)c1. The first kappa shape index (κ1) is 19.6. The number of ether oxygens (including phenoxy) is 1. The van der Waals surface area contributed by atoms with Crippen molar-refractivity contribution in [2.45, 2.75) is 26.0 Å². The van der Waals surface area contributed by atoms with Crippen molar-refractivity contribution in [1.82, 2.24) is 9.78 Å². The van der Waals surface area contributed by atoms with Crippen molar-refractivity contribution in [3.63, 3.8) is 0 Å². The van der Waals surface area contributed by atoms with E-state index in [1.165, 1.54) is 31.4 Å². The first-order valence-electron chi connectivity index (χ1n) is 8.86. The van der Waals surface area contributed by atoms with Gasteiger partial charge in [0.1, 0.15) is 11.6 Å². The van der Waals surface area contributed by atoms with Gasteiger partial charge in [0.25, 0.3) is 0 Å². The molecule has 0 fully saturated rings. The molecule has 0 saturated carbocycles. The van der Waals surface area contributed by atoms with Gasteiger partial charge in [-0.3, -0.25) is 4.68 Å². The second kappa shape index (κ2) is 8.22. The summed E-state index contributed by atoms with van der Waals surface area (Å²) in [5.74, 6) is -0.972. The molecule has 0 aliphatic carbocycles. The summed E-state index contributed by atoms with van der Waals surface area (Å²) in [4.78, 5) is 11.4. The summed E-state index contributed by atoms with van der Waals surface area (Å²) in [6.07, 6.45) is -0.0809. The molecule has 0 radical (unpaired) electrons. The van der Waals surface area contributed by atoms with Crippen molar-refractivity contribution >= 4 is 5.97 Å². The summed E-state index contributed by atoms with van der Waals surface area (Å²) in [6, 6.07) is 12.3. The Bertz CT molecular complexity index is 1000. The number of aliphatic hydroxyl groups is 1. The molecule has 0 saturated heterocycles. The van der Waals surface area contributed by atoms with Gasteiger partial charge in [0.15, 0.2) is 0 Å². The predicted octanol–water partition coefficient (Wildman–Crippen LogP) is 3.83. The van der Waals surface area contributed by atoms with Crippen molar-refractivity contribution < 1.29 is 24.1 Å². The van der Waals surface area contributed by atoms with E-state index in [2.05, 4.69) is 5.10 Å². The highest BCUT2D eigenvalue weighted by Crippen LogP contribution is 2.33. The van der Waals surface area contributed by atoms with Crippen molar-refractivity contribution in [3.05, 3.63) is 59.9 Å². The summed E-state index contributed by atoms with van der Waals surface area (Å²) < 4.78 is 20.7. The number of carboxylic acid groups (broad SMARTS) is 1. The Morgan fingerprint density at radius 2 is 2.04 bits per heavy atom. The molecular formula is C21H21FN2O4. The summed E-state index contributed by atoms with van der Waals surface area (Å²) in [5.41, 5.74) is 2.30. The number of hydrogen-bond acceptors (Lipinski definition) is 4. The zero-order valence-electron chi connectivity index (χ0n) is 15.6. The van der Waals surface area contributed by atoms with Gasteiger partial charge >= 0.3 is 5.97 Å². The number of carbonyl (C=O) groups is 1. The van der Waals surface area contributed by atoms with Gasteiger partial charge < -0.3 is 14.9 Å². The van der Waals surface area contributed by atoms with Crippen LogP contribution in [-0.2, 0) is 6.54 Å². The maximum absolute atomic E-state index is 13.7. The topological polar surface area (TPSA) is 84.6 Å². The number of aromatic carboxylic acids is 1. The first-order chi connectivity index (χ1) is 13.4. The van der Waals surface area contributed by atoms with E-state index >= 15 is 0 Å². The maximum atomic E-state index is 13.7. The van der Waals surface area contributed by atoms with E-state index in [1.54, 1.807) is 28.9 Å². The number of aliphatic hydroxyl groups excluding tert-OH is 1. The van der Waals surface area contributed by atoms with E-state index in [9.17, 15) is 19.4 Å². The van der Waals surface area contributed by atoms with Gasteiger partial charge in [-0.25, -0.2) is 9.18 Å². The molecule has 2 aromatic carbocycles. The minimum absolute atomic E-state index is 0.103. The average Bonchev–Trinajstić information content (AvgIpc) is 3.10. The third kappa shape index (κ3) is 4.04. The van der Waals surface area contributed by atoms with Crippen LogP contribution in [0, 0.1) is 5.82 Å². The molecule has 1 aromatic heterocycles. The van der Waals surface area contributed by atoms with E-state index in [0.717, 1.165) is 0 Å². The molecule has 0 unspecified atom stereocenters. The fourth-order valence-corrected chi connectivity index (χ4v) is 2.94. The van der Waals surface area contributed by atoms with Gasteiger partial charge in [-0.1, -0.05) is 19.1 Å². The predicted molar refractivity (Wildman–Crippen MR) is 103 cm³/mol. The number of aromatic nitrogens is 2. The van der Waals surface area contributed by atoms with Crippen LogP contribution in [0.1, 0.15) is 23.7 Å². The van der Waals surface area contributed by atoms with E-state index in [4.69, 9.17) is 4.74 Å². The Balaban J connectivity index is 2.16. The average molecular weight is 384 g/mol. The van der Waals surface area contributed by atoms with Crippen LogP contribution < -0.4 is 4.74 Å².